The van der Waals surface area contributed by atoms with E-state index in [9.17, 15) is 0 Å². The first-order valence-corrected chi connectivity index (χ1v) is 6.64. The summed E-state index contributed by atoms with van der Waals surface area (Å²) in [5.41, 5.74) is 3.46. The van der Waals surface area contributed by atoms with E-state index in [1.165, 1.54) is 0 Å². The lowest BCUT2D eigenvalue weighted by Crippen LogP contribution is -2.28. The van der Waals surface area contributed by atoms with Gasteiger partial charge in [0.2, 0.25) is 0 Å². The number of nitrogens with two attached hydrogens (primary N) is 1. The number of rotatable bonds is 4. The molecule has 1 heterocycles. The first-order valence-electron chi connectivity index (χ1n) is 5.89. The van der Waals surface area contributed by atoms with E-state index in [4.69, 9.17) is 33.8 Å². The zero-order valence-electron chi connectivity index (χ0n) is 10.3. The van der Waals surface area contributed by atoms with Crippen molar-refractivity contribution in [1.29, 1.82) is 0 Å². The summed E-state index contributed by atoms with van der Waals surface area (Å²) < 4.78 is 5.64. The van der Waals surface area contributed by atoms with Crippen LogP contribution in [0, 0.1) is 0 Å². The summed E-state index contributed by atoms with van der Waals surface area (Å²) in [4.78, 5) is 4.31. The first-order chi connectivity index (χ1) is 9.17. The Morgan fingerprint density at radius 2 is 2.32 bits per heavy atom. The fraction of sp³-hybridized carbons (Fsp3) is 0.308. The molecule has 0 spiro atoms. The molecule has 0 aliphatic carbocycles. The van der Waals surface area contributed by atoms with Gasteiger partial charge in [0.15, 0.2) is 0 Å². The molecule has 0 amide bonds. The van der Waals surface area contributed by atoms with E-state index in [0.717, 1.165) is 11.4 Å². The molecule has 0 radical (unpaired) electrons. The molecule has 1 atom stereocenters. The molecule has 0 saturated heterocycles. The number of hydrazine groups is 1. The molecule has 19 heavy (non-hydrogen) atoms. The van der Waals surface area contributed by atoms with E-state index in [-0.39, 0.29) is 5.92 Å². The molecule has 1 aliphatic rings. The lowest BCUT2D eigenvalue weighted by Gasteiger charge is -2.17. The van der Waals surface area contributed by atoms with Crippen molar-refractivity contribution < 1.29 is 4.74 Å². The van der Waals surface area contributed by atoms with Crippen LogP contribution >= 0.6 is 23.2 Å². The van der Waals surface area contributed by atoms with Crippen LogP contribution in [0.5, 0.6) is 5.75 Å². The molecule has 102 valence electrons. The highest BCUT2D eigenvalue weighted by molar-refractivity contribution is 6.42. The molecule has 2 rings (SSSR count). The molecule has 1 aliphatic heterocycles. The van der Waals surface area contributed by atoms with Crippen molar-refractivity contribution in [2.24, 2.45) is 10.8 Å². The van der Waals surface area contributed by atoms with Crippen LogP contribution in [-0.2, 0) is 0 Å². The van der Waals surface area contributed by atoms with E-state index in [1.54, 1.807) is 12.1 Å². The smallest absolute Gasteiger partial charge is 0.124 e. The Kier molecular flexibility index (Phi) is 4.69. The molecular weight excluding hydrogens is 285 g/mol. The predicted molar refractivity (Wildman–Crippen MR) is 79.1 cm³/mol. The summed E-state index contributed by atoms with van der Waals surface area (Å²) in [6.45, 7) is 4.67. The van der Waals surface area contributed by atoms with Crippen molar-refractivity contribution in [3.63, 3.8) is 0 Å². The topological polar surface area (TPSA) is 59.6 Å². The van der Waals surface area contributed by atoms with Crippen LogP contribution in [-0.4, -0.2) is 19.0 Å². The summed E-state index contributed by atoms with van der Waals surface area (Å²) in [5.74, 6) is 6.97. The summed E-state index contributed by atoms with van der Waals surface area (Å²) in [7, 11) is 0. The SMILES string of the molecule is C=CCOc1ccc(Cl)c(Cl)c1C1CN=C(NN)C1. The molecule has 0 bridgehead atoms. The van der Waals surface area contributed by atoms with E-state index in [0.29, 0.717) is 35.4 Å². The number of hydrogen-bond acceptors (Lipinski definition) is 4. The first kappa shape index (κ1) is 14.2. The van der Waals surface area contributed by atoms with Crippen LogP contribution in [0.2, 0.25) is 10.0 Å². The Hall–Kier alpha value is -1.23. The van der Waals surface area contributed by atoms with Gasteiger partial charge >= 0.3 is 0 Å². The maximum Gasteiger partial charge on any atom is 0.124 e. The van der Waals surface area contributed by atoms with Crippen LogP contribution < -0.4 is 16.0 Å². The maximum absolute atomic E-state index is 6.31. The van der Waals surface area contributed by atoms with Crippen molar-refractivity contribution >= 4 is 29.0 Å². The van der Waals surface area contributed by atoms with Gasteiger partial charge in [-0.3, -0.25) is 4.99 Å². The second kappa shape index (κ2) is 6.28. The normalized spacial score (nSPS) is 18.1. The van der Waals surface area contributed by atoms with Gasteiger partial charge in [0, 0.05) is 24.4 Å². The molecule has 4 nitrogen and oxygen atoms in total. The summed E-state index contributed by atoms with van der Waals surface area (Å²) in [6.07, 6.45) is 2.38. The summed E-state index contributed by atoms with van der Waals surface area (Å²) >= 11 is 12.4. The Balaban J connectivity index is 2.31. The number of benzene rings is 1. The van der Waals surface area contributed by atoms with Gasteiger partial charge in [-0.2, -0.15) is 0 Å². The number of aliphatic imine (C=N–C) groups is 1. The molecule has 6 heteroatoms. The van der Waals surface area contributed by atoms with Crippen LogP contribution in [0.3, 0.4) is 0 Å². The number of hydrogen-bond donors (Lipinski definition) is 2. The molecular formula is C13H15Cl2N3O. The molecule has 3 N–H and O–H groups in total. The molecule has 0 aromatic heterocycles. The van der Waals surface area contributed by atoms with Gasteiger partial charge in [0.25, 0.3) is 0 Å². The van der Waals surface area contributed by atoms with E-state index >= 15 is 0 Å². The second-order valence-electron chi connectivity index (χ2n) is 4.21. The Morgan fingerprint density at radius 3 is 2.95 bits per heavy atom. The van der Waals surface area contributed by atoms with Crippen molar-refractivity contribution in [1.82, 2.24) is 5.43 Å². The van der Waals surface area contributed by atoms with Gasteiger partial charge in [-0.1, -0.05) is 35.9 Å². The maximum atomic E-state index is 6.31. The zero-order valence-corrected chi connectivity index (χ0v) is 11.8. The predicted octanol–water partition coefficient (Wildman–Crippen LogP) is 2.91. The van der Waals surface area contributed by atoms with Crippen molar-refractivity contribution in [3.8, 4) is 5.75 Å². The fourth-order valence-electron chi connectivity index (χ4n) is 2.08. The van der Waals surface area contributed by atoms with Gasteiger partial charge in [-0.15, -0.1) is 0 Å². The van der Waals surface area contributed by atoms with Crippen LogP contribution in [0.25, 0.3) is 0 Å². The minimum Gasteiger partial charge on any atom is -0.489 e. The minimum absolute atomic E-state index is 0.122. The average molecular weight is 300 g/mol. The average Bonchev–Trinajstić information content (AvgIpc) is 2.88. The van der Waals surface area contributed by atoms with Gasteiger partial charge in [0.1, 0.15) is 18.2 Å². The van der Waals surface area contributed by atoms with E-state index in [2.05, 4.69) is 17.0 Å². The number of amidine groups is 1. The molecule has 1 aromatic carbocycles. The number of nitrogens with one attached hydrogen (secondary N) is 1. The molecule has 0 saturated carbocycles. The number of ether oxygens (including phenoxy) is 1. The highest BCUT2D eigenvalue weighted by atomic mass is 35.5. The highest BCUT2D eigenvalue weighted by Crippen LogP contribution is 2.41. The van der Waals surface area contributed by atoms with Crippen LogP contribution in [0.15, 0.2) is 29.8 Å². The molecule has 0 fully saturated rings. The van der Waals surface area contributed by atoms with E-state index < -0.39 is 0 Å². The van der Waals surface area contributed by atoms with Crippen LogP contribution in [0.1, 0.15) is 17.9 Å². The van der Waals surface area contributed by atoms with Gasteiger partial charge < -0.3 is 10.2 Å². The third-order valence-corrected chi connectivity index (χ3v) is 3.79. The Labute approximate surface area is 122 Å². The van der Waals surface area contributed by atoms with Gasteiger partial charge in [0.05, 0.1) is 10.0 Å². The highest BCUT2D eigenvalue weighted by Gasteiger charge is 2.26. The van der Waals surface area contributed by atoms with Crippen molar-refractivity contribution in [2.75, 3.05) is 13.2 Å². The Morgan fingerprint density at radius 1 is 1.53 bits per heavy atom. The zero-order chi connectivity index (χ0) is 13.8. The lowest BCUT2D eigenvalue weighted by atomic mass is 9.96. The van der Waals surface area contributed by atoms with Gasteiger partial charge in [-0.05, 0) is 12.1 Å². The Bertz CT molecular complexity index is 517. The quantitative estimate of drug-likeness (QED) is 0.510. The van der Waals surface area contributed by atoms with E-state index in [1.807, 2.05) is 6.07 Å². The monoisotopic (exact) mass is 299 g/mol. The summed E-state index contributed by atoms with van der Waals surface area (Å²) in [6, 6.07) is 3.55. The van der Waals surface area contributed by atoms with Gasteiger partial charge in [-0.25, -0.2) is 5.84 Å². The third-order valence-electron chi connectivity index (χ3n) is 2.97. The fourth-order valence-corrected chi connectivity index (χ4v) is 2.56. The second-order valence-corrected chi connectivity index (χ2v) is 4.99. The number of nitrogens with zero attached hydrogens (tertiary/aromatic N) is 1. The largest absolute Gasteiger partial charge is 0.489 e. The molecule has 1 unspecified atom stereocenters. The lowest BCUT2D eigenvalue weighted by molar-refractivity contribution is 0.357. The minimum atomic E-state index is 0.122. The third kappa shape index (κ3) is 3.03. The summed E-state index contributed by atoms with van der Waals surface area (Å²) in [5, 5.41) is 1.03. The van der Waals surface area contributed by atoms with Crippen molar-refractivity contribution in [2.45, 2.75) is 12.3 Å². The number of halogens is 2. The van der Waals surface area contributed by atoms with Crippen LogP contribution in [0.4, 0.5) is 0 Å². The standard InChI is InChI=1S/C13H15Cl2N3O/c1-2-5-19-10-4-3-9(14)13(15)12(10)8-6-11(18-16)17-7-8/h2-4,8H,1,5-7,16H2,(H,17,18). The van der Waals surface area contributed by atoms with Crippen molar-refractivity contribution in [3.05, 3.63) is 40.4 Å². The molecule has 1 aromatic rings.